The fourth-order valence-corrected chi connectivity index (χ4v) is 3.58. The second kappa shape index (κ2) is 10.2. The smallest absolute Gasteiger partial charge is 0.194 e. The van der Waals surface area contributed by atoms with Gasteiger partial charge in [-0.2, -0.15) is 0 Å². The molecule has 0 spiro atoms. The highest BCUT2D eigenvalue weighted by atomic mass is 16.5. The van der Waals surface area contributed by atoms with E-state index >= 15 is 0 Å². The van der Waals surface area contributed by atoms with E-state index < -0.39 is 0 Å². The van der Waals surface area contributed by atoms with Crippen molar-refractivity contribution < 1.29 is 9.47 Å². The summed E-state index contributed by atoms with van der Waals surface area (Å²) in [6, 6.07) is 0. The number of hydrogen-bond donors (Lipinski definition) is 1. The van der Waals surface area contributed by atoms with Gasteiger partial charge in [0, 0.05) is 52.3 Å². The van der Waals surface area contributed by atoms with Gasteiger partial charge in [0.25, 0.3) is 0 Å². The van der Waals surface area contributed by atoms with Crippen molar-refractivity contribution in [1.82, 2.24) is 15.1 Å². The number of hydrogen-bond acceptors (Lipinski definition) is 4. The molecule has 2 fully saturated rings. The van der Waals surface area contributed by atoms with Crippen LogP contribution < -0.4 is 5.32 Å². The molecular weight excluding hydrogens is 304 g/mol. The Morgan fingerprint density at radius 2 is 2.17 bits per heavy atom. The summed E-state index contributed by atoms with van der Waals surface area (Å²) >= 11 is 0. The molecule has 0 saturated carbocycles. The maximum absolute atomic E-state index is 5.93. The van der Waals surface area contributed by atoms with Crippen molar-refractivity contribution in [2.75, 3.05) is 66.1 Å². The molecule has 140 valence electrons. The zero-order valence-corrected chi connectivity index (χ0v) is 16.0. The Hall–Kier alpha value is -0.850. The van der Waals surface area contributed by atoms with Crippen LogP contribution in [0.4, 0.5) is 0 Å². The van der Waals surface area contributed by atoms with E-state index in [4.69, 9.17) is 14.5 Å². The maximum atomic E-state index is 5.93. The number of rotatable bonds is 7. The van der Waals surface area contributed by atoms with E-state index in [1.165, 1.54) is 6.42 Å². The monoisotopic (exact) mass is 340 g/mol. The molecule has 2 aliphatic heterocycles. The predicted octanol–water partition coefficient (Wildman–Crippen LogP) is 1.28. The van der Waals surface area contributed by atoms with Crippen LogP contribution in [0.5, 0.6) is 0 Å². The van der Waals surface area contributed by atoms with E-state index in [0.29, 0.717) is 11.8 Å². The number of guanidine groups is 1. The van der Waals surface area contributed by atoms with Gasteiger partial charge in [0.15, 0.2) is 5.96 Å². The summed E-state index contributed by atoms with van der Waals surface area (Å²) in [5, 5.41) is 3.44. The van der Waals surface area contributed by atoms with Crippen LogP contribution in [0.25, 0.3) is 0 Å². The highest BCUT2D eigenvalue weighted by molar-refractivity contribution is 5.80. The quantitative estimate of drug-likeness (QED) is 0.559. The van der Waals surface area contributed by atoms with E-state index in [2.05, 4.69) is 35.9 Å². The number of morpholine rings is 1. The van der Waals surface area contributed by atoms with E-state index in [0.717, 1.165) is 65.0 Å². The third-order valence-corrected chi connectivity index (χ3v) is 4.61. The highest BCUT2D eigenvalue weighted by Crippen LogP contribution is 2.16. The molecule has 0 aromatic heterocycles. The Labute approximate surface area is 147 Å². The average molecular weight is 341 g/mol. The van der Waals surface area contributed by atoms with Crippen molar-refractivity contribution in [2.45, 2.75) is 33.3 Å². The van der Waals surface area contributed by atoms with Crippen molar-refractivity contribution in [3.8, 4) is 0 Å². The molecular formula is C18H36N4O2. The van der Waals surface area contributed by atoms with Crippen LogP contribution in [0.15, 0.2) is 4.99 Å². The van der Waals surface area contributed by atoms with Crippen LogP contribution in [0.2, 0.25) is 0 Å². The molecule has 2 unspecified atom stereocenters. The first-order chi connectivity index (χ1) is 11.6. The summed E-state index contributed by atoms with van der Waals surface area (Å²) in [4.78, 5) is 9.73. The van der Waals surface area contributed by atoms with Gasteiger partial charge in [0.2, 0.25) is 0 Å². The Kier molecular flexibility index (Phi) is 8.29. The molecule has 24 heavy (non-hydrogen) atoms. The van der Waals surface area contributed by atoms with Gasteiger partial charge < -0.3 is 19.7 Å². The molecule has 2 rings (SSSR count). The van der Waals surface area contributed by atoms with Crippen molar-refractivity contribution in [1.29, 1.82) is 0 Å². The summed E-state index contributed by atoms with van der Waals surface area (Å²) in [5.41, 5.74) is 0. The van der Waals surface area contributed by atoms with Crippen LogP contribution in [-0.4, -0.2) is 88.0 Å². The van der Waals surface area contributed by atoms with Gasteiger partial charge in [-0.15, -0.1) is 0 Å². The normalized spacial score (nSPS) is 26.4. The molecule has 2 saturated heterocycles. The standard InChI is InChI=1S/C18H36N4O2/c1-5-19-18(22-7-6-16(12-22)14-23-4)20-10-17-13-21(8-9-24-17)11-15(2)3/h15-17H,5-14H2,1-4H3,(H,19,20). The first-order valence-electron chi connectivity index (χ1n) is 9.48. The largest absolute Gasteiger partial charge is 0.384 e. The van der Waals surface area contributed by atoms with E-state index in [1.807, 2.05) is 0 Å². The fraction of sp³-hybridized carbons (Fsp3) is 0.944. The fourth-order valence-electron chi connectivity index (χ4n) is 3.58. The molecule has 0 radical (unpaired) electrons. The van der Waals surface area contributed by atoms with Crippen molar-refractivity contribution in [3.63, 3.8) is 0 Å². The number of aliphatic imine (C=N–C) groups is 1. The molecule has 0 amide bonds. The zero-order valence-electron chi connectivity index (χ0n) is 16.0. The minimum atomic E-state index is 0.212. The molecule has 0 aliphatic carbocycles. The van der Waals surface area contributed by atoms with Crippen LogP contribution in [-0.2, 0) is 9.47 Å². The molecule has 0 bridgehead atoms. The minimum Gasteiger partial charge on any atom is -0.384 e. The summed E-state index contributed by atoms with van der Waals surface area (Å²) in [7, 11) is 1.78. The SMILES string of the molecule is CCNC(=NCC1CN(CC(C)C)CCO1)N1CCC(COC)C1. The second-order valence-electron chi connectivity index (χ2n) is 7.40. The Morgan fingerprint density at radius 3 is 2.88 bits per heavy atom. The van der Waals surface area contributed by atoms with Crippen LogP contribution >= 0.6 is 0 Å². The van der Waals surface area contributed by atoms with Gasteiger partial charge in [-0.25, -0.2) is 0 Å². The Morgan fingerprint density at radius 1 is 1.33 bits per heavy atom. The van der Waals surface area contributed by atoms with Crippen LogP contribution in [0, 0.1) is 11.8 Å². The average Bonchev–Trinajstić information content (AvgIpc) is 3.00. The van der Waals surface area contributed by atoms with Gasteiger partial charge in [0.1, 0.15) is 0 Å². The second-order valence-corrected chi connectivity index (χ2v) is 7.40. The van der Waals surface area contributed by atoms with Crippen molar-refractivity contribution >= 4 is 5.96 Å². The van der Waals surface area contributed by atoms with Gasteiger partial charge >= 0.3 is 0 Å². The van der Waals surface area contributed by atoms with E-state index in [9.17, 15) is 0 Å². The highest BCUT2D eigenvalue weighted by Gasteiger charge is 2.26. The van der Waals surface area contributed by atoms with Gasteiger partial charge in [-0.3, -0.25) is 9.89 Å². The molecule has 0 aromatic rings. The Bertz CT molecular complexity index is 389. The van der Waals surface area contributed by atoms with E-state index in [-0.39, 0.29) is 6.10 Å². The molecule has 2 heterocycles. The van der Waals surface area contributed by atoms with E-state index in [1.54, 1.807) is 7.11 Å². The predicted molar refractivity (Wildman–Crippen MR) is 98.6 cm³/mol. The molecule has 6 heteroatoms. The van der Waals surface area contributed by atoms with Crippen molar-refractivity contribution in [3.05, 3.63) is 0 Å². The lowest BCUT2D eigenvalue weighted by Gasteiger charge is -2.33. The lowest BCUT2D eigenvalue weighted by molar-refractivity contribution is -0.0262. The number of methoxy groups -OCH3 is 1. The van der Waals surface area contributed by atoms with Gasteiger partial charge in [-0.1, -0.05) is 13.8 Å². The zero-order chi connectivity index (χ0) is 17.4. The molecule has 2 aliphatic rings. The summed E-state index contributed by atoms with van der Waals surface area (Å²) < 4.78 is 11.2. The third kappa shape index (κ3) is 6.22. The van der Waals surface area contributed by atoms with Crippen LogP contribution in [0.1, 0.15) is 27.2 Å². The number of likely N-dealkylation sites (tertiary alicyclic amines) is 1. The molecule has 0 aromatic carbocycles. The van der Waals surface area contributed by atoms with Gasteiger partial charge in [0.05, 0.1) is 25.9 Å². The topological polar surface area (TPSA) is 49.3 Å². The molecule has 1 N–H and O–H groups in total. The first-order valence-corrected chi connectivity index (χ1v) is 9.48. The summed E-state index contributed by atoms with van der Waals surface area (Å²) in [6.45, 7) is 15.2. The number of ether oxygens (including phenoxy) is 2. The Balaban J connectivity index is 1.86. The number of nitrogens with one attached hydrogen (secondary N) is 1. The lowest BCUT2D eigenvalue weighted by atomic mass is 10.1. The minimum absolute atomic E-state index is 0.212. The van der Waals surface area contributed by atoms with Crippen molar-refractivity contribution in [2.24, 2.45) is 16.8 Å². The maximum Gasteiger partial charge on any atom is 0.194 e. The lowest BCUT2D eigenvalue weighted by Crippen LogP contribution is -2.46. The summed E-state index contributed by atoms with van der Waals surface area (Å²) in [5.74, 6) is 2.35. The number of nitrogens with zero attached hydrogens (tertiary/aromatic N) is 3. The summed E-state index contributed by atoms with van der Waals surface area (Å²) in [6.07, 6.45) is 1.39. The van der Waals surface area contributed by atoms with Gasteiger partial charge in [-0.05, 0) is 19.3 Å². The molecule has 6 nitrogen and oxygen atoms in total. The van der Waals surface area contributed by atoms with Crippen LogP contribution in [0.3, 0.4) is 0 Å². The first kappa shape index (κ1) is 19.5. The third-order valence-electron chi connectivity index (χ3n) is 4.61. The molecule has 2 atom stereocenters.